The molecule has 0 unspecified atom stereocenters. The molecular formula is C26H30ClN9O2. The van der Waals surface area contributed by atoms with Gasteiger partial charge in [0, 0.05) is 56.4 Å². The predicted molar refractivity (Wildman–Crippen MR) is 147 cm³/mol. The topological polar surface area (TPSA) is 103 Å². The first-order valence-corrected chi connectivity index (χ1v) is 12.8. The van der Waals surface area contributed by atoms with E-state index in [9.17, 15) is 9.59 Å². The first-order chi connectivity index (χ1) is 18.3. The zero-order chi connectivity index (χ0) is 26.8. The second-order valence-corrected chi connectivity index (χ2v) is 10.00. The minimum absolute atomic E-state index is 0.0600. The molecule has 5 rings (SSSR count). The highest BCUT2D eigenvalue weighted by Gasteiger charge is 2.40. The van der Waals surface area contributed by atoms with Crippen molar-refractivity contribution in [3.63, 3.8) is 0 Å². The molecule has 3 amide bonds. The molecule has 1 fully saturated rings. The Labute approximate surface area is 226 Å². The minimum Gasteiger partial charge on any atom is -0.337 e. The smallest absolute Gasteiger partial charge is 0.330 e. The zero-order valence-corrected chi connectivity index (χ0v) is 22.3. The molecule has 0 spiro atoms. The van der Waals surface area contributed by atoms with E-state index in [1.54, 1.807) is 44.9 Å². The fraction of sp³-hybridized carbons (Fsp3) is 0.346. The summed E-state index contributed by atoms with van der Waals surface area (Å²) < 4.78 is 1.59. The molecule has 2 aliphatic rings. The molecule has 0 radical (unpaired) electrons. The molecule has 1 saturated heterocycles. The summed E-state index contributed by atoms with van der Waals surface area (Å²) in [6.45, 7) is 1.99. The van der Waals surface area contributed by atoms with E-state index in [0.717, 1.165) is 11.3 Å². The number of carbonyl (C=O) groups is 2. The number of anilines is 4. The maximum Gasteiger partial charge on any atom is 0.330 e. The number of rotatable bonds is 7. The third-order valence-electron chi connectivity index (χ3n) is 6.50. The number of likely N-dealkylation sites (tertiary alicyclic amines) is 1. The summed E-state index contributed by atoms with van der Waals surface area (Å²) in [5.41, 5.74) is 2.16. The predicted octanol–water partition coefficient (Wildman–Crippen LogP) is 3.27. The van der Waals surface area contributed by atoms with Gasteiger partial charge in [-0.15, -0.1) is 0 Å². The van der Waals surface area contributed by atoms with Crippen LogP contribution in [0.15, 0.2) is 54.9 Å². The van der Waals surface area contributed by atoms with Crippen LogP contribution in [0.5, 0.6) is 0 Å². The van der Waals surface area contributed by atoms with Gasteiger partial charge in [0.25, 0.3) is 0 Å². The Balaban J connectivity index is 1.45. The van der Waals surface area contributed by atoms with Crippen molar-refractivity contribution in [2.24, 2.45) is 7.05 Å². The number of aryl methyl sites for hydroxylation is 1. The summed E-state index contributed by atoms with van der Waals surface area (Å²) in [5.74, 6) is 0.777. The van der Waals surface area contributed by atoms with Crippen LogP contribution in [0.3, 0.4) is 0 Å². The van der Waals surface area contributed by atoms with Gasteiger partial charge in [0.2, 0.25) is 11.9 Å². The quantitative estimate of drug-likeness (QED) is 0.463. The molecule has 3 aromatic rings. The number of carbonyl (C=O) groups excluding carboxylic acids is 2. The maximum absolute atomic E-state index is 13.9. The third-order valence-corrected chi connectivity index (χ3v) is 6.78. The molecule has 11 nitrogen and oxygen atoms in total. The summed E-state index contributed by atoms with van der Waals surface area (Å²) in [6.07, 6.45) is 7.55. The number of amides is 3. The Bertz CT molecular complexity index is 1360. The highest BCUT2D eigenvalue weighted by molar-refractivity contribution is 6.32. The van der Waals surface area contributed by atoms with E-state index in [1.807, 2.05) is 55.4 Å². The van der Waals surface area contributed by atoms with Crippen molar-refractivity contribution in [1.29, 1.82) is 0 Å². The molecule has 0 aliphatic carbocycles. The summed E-state index contributed by atoms with van der Waals surface area (Å²) in [4.78, 5) is 43.2. The zero-order valence-electron chi connectivity index (χ0n) is 21.6. The standard InChI is InChI=1S/C26H30ClN9O2/c1-32(2)12-7-10-22(37)34-13-11-20(16-34)36-24-18(15-35(26(36)38)19-8-5-4-6-9-19)14-28-25(30-24)29-21-17-33(3)31-23(21)27/h4-10,14,17,20H,11-13,15-16H2,1-3H3,(H,28,29,30)/b10-7+/t20-/m0/s1. The van der Waals surface area contributed by atoms with Crippen molar-refractivity contribution >= 4 is 46.7 Å². The van der Waals surface area contributed by atoms with Crippen LogP contribution in [0.4, 0.5) is 27.9 Å². The van der Waals surface area contributed by atoms with Crippen LogP contribution in [0, 0.1) is 0 Å². The number of fused-ring (bicyclic) bond motifs is 1. The second-order valence-electron chi connectivity index (χ2n) is 9.64. The second kappa shape index (κ2) is 10.8. The maximum atomic E-state index is 13.9. The number of para-hydroxylation sites is 1. The molecule has 1 atom stereocenters. The lowest BCUT2D eigenvalue weighted by atomic mass is 10.1. The minimum atomic E-state index is -0.233. The van der Waals surface area contributed by atoms with E-state index in [2.05, 4.69) is 15.4 Å². The van der Waals surface area contributed by atoms with Crippen LogP contribution in [-0.4, -0.2) is 81.3 Å². The largest absolute Gasteiger partial charge is 0.337 e. The van der Waals surface area contributed by atoms with Crippen molar-refractivity contribution in [3.05, 3.63) is 65.6 Å². The van der Waals surface area contributed by atoms with Gasteiger partial charge in [0.05, 0.1) is 18.3 Å². The lowest BCUT2D eigenvalue weighted by Gasteiger charge is -2.39. The molecule has 12 heteroatoms. The lowest BCUT2D eigenvalue weighted by molar-refractivity contribution is -0.125. The lowest BCUT2D eigenvalue weighted by Crippen LogP contribution is -2.53. The Morgan fingerprint density at radius 2 is 2.05 bits per heavy atom. The van der Waals surface area contributed by atoms with Gasteiger partial charge in [-0.05, 0) is 32.6 Å². The van der Waals surface area contributed by atoms with Crippen molar-refractivity contribution in [1.82, 2.24) is 29.5 Å². The van der Waals surface area contributed by atoms with Crippen molar-refractivity contribution in [3.8, 4) is 0 Å². The molecule has 38 heavy (non-hydrogen) atoms. The Morgan fingerprint density at radius 1 is 1.26 bits per heavy atom. The van der Waals surface area contributed by atoms with Gasteiger partial charge in [-0.1, -0.05) is 35.9 Å². The number of likely N-dealkylation sites (N-methyl/N-ethyl adjacent to an activating group) is 1. The van der Waals surface area contributed by atoms with Gasteiger partial charge in [-0.3, -0.25) is 19.3 Å². The van der Waals surface area contributed by atoms with E-state index < -0.39 is 0 Å². The Kier molecular flexibility index (Phi) is 7.30. The SMILES string of the molecule is CN(C)C/C=C/C(=O)N1CC[C@H](N2C(=O)N(c3ccccc3)Cc3cnc(Nc4cn(C)nc4Cl)nc32)C1. The van der Waals surface area contributed by atoms with E-state index in [1.165, 1.54) is 0 Å². The average Bonchev–Trinajstić information content (AvgIpc) is 3.50. The van der Waals surface area contributed by atoms with Gasteiger partial charge < -0.3 is 15.1 Å². The third kappa shape index (κ3) is 5.34. The van der Waals surface area contributed by atoms with E-state index >= 15 is 0 Å². The normalized spacial score (nSPS) is 17.6. The van der Waals surface area contributed by atoms with Gasteiger partial charge in [0.1, 0.15) is 5.82 Å². The van der Waals surface area contributed by atoms with Gasteiger partial charge in [-0.2, -0.15) is 10.1 Å². The Morgan fingerprint density at radius 3 is 2.76 bits per heavy atom. The van der Waals surface area contributed by atoms with Crippen LogP contribution in [-0.2, 0) is 18.4 Å². The number of halogens is 1. The first kappa shape index (κ1) is 25.7. The monoisotopic (exact) mass is 535 g/mol. The van der Waals surface area contributed by atoms with Crippen molar-refractivity contribution in [2.45, 2.75) is 19.0 Å². The van der Waals surface area contributed by atoms with E-state index in [0.29, 0.717) is 55.2 Å². The summed E-state index contributed by atoms with van der Waals surface area (Å²) in [6, 6.07) is 9.11. The number of hydrogen-bond acceptors (Lipinski definition) is 7. The van der Waals surface area contributed by atoms with Crippen LogP contribution in [0.25, 0.3) is 0 Å². The van der Waals surface area contributed by atoms with Crippen LogP contribution < -0.4 is 15.1 Å². The molecule has 4 heterocycles. The first-order valence-electron chi connectivity index (χ1n) is 12.4. The summed E-state index contributed by atoms with van der Waals surface area (Å²) in [7, 11) is 5.67. The molecule has 1 aromatic carbocycles. The van der Waals surface area contributed by atoms with Crippen LogP contribution >= 0.6 is 11.6 Å². The molecule has 0 saturated carbocycles. The van der Waals surface area contributed by atoms with Crippen LogP contribution in [0.1, 0.15) is 12.0 Å². The number of nitrogens with one attached hydrogen (secondary N) is 1. The fourth-order valence-corrected chi connectivity index (χ4v) is 4.88. The van der Waals surface area contributed by atoms with Crippen molar-refractivity contribution < 1.29 is 9.59 Å². The number of hydrogen-bond donors (Lipinski definition) is 1. The van der Waals surface area contributed by atoms with Crippen LogP contribution in [0.2, 0.25) is 5.15 Å². The summed E-state index contributed by atoms with van der Waals surface area (Å²) >= 11 is 6.21. The fourth-order valence-electron chi connectivity index (χ4n) is 4.66. The van der Waals surface area contributed by atoms with Gasteiger partial charge in [0.15, 0.2) is 5.15 Å². The number of urea groups is 1. The van der Waals surface area contributed by atoms with Gasteiger partial charge in [-0.25, -0.2) is 9.78 Å². The van der Waals surface area contributed by atoms with E-state index in [4.69, 9.17) is 16.6 Å². The molecule has 1 N–H and O–H groups in total. The van der Waals surface area contributed by atoms with Gasteiger partial charge >= 0.3 is 6.03 Å². The highest BCUT2D eigenvalue weighted by atomic mass is 35.5. The molecule has 198 valence electrons. The number of benzene rings is 1. The van der Waals surface area contributed by atoms with Crippen molar-refractivity contribution in [2.75, 3.05) is 48.8 Å². The number of nitrogens with zero attached hydrogens (tertiary/aromatic N) is 8. The average molecular weight is 536 g/mol. The highest BCUT2D eigenvalue weighted by Crippen LogP contribution is 2.35. The molecule has 2 aromatic heterocycles. The molecule has 0 bridgehead atoms. The summed E-state index contributed by atoms with van der Waals surface area (Å²) in [5, 5.41) is 7.53. The van der Waals surface area contributed by atoms with E-state index in [-0.39, 0.29) is 18.0 Å². The number of aromatic nitrogens is 4. The molecular weight excluding hydrogens is 506 g/mol. The molecule has 2 aliphatic heterocycles. The Hall–Kier alpha value is -3.96.